The van der Waals surface area contributed by atoms with Gasteiger partial charge in [-0.05, 0) is 43.4 Å². The van der Waals surface area contributed by atoms with Crippen LogP contribution in [-0.2, 0) is 11.2 Å². The number of hydrogen-bond acceptors (Lipinski definition) is 2. The molecule has 0 unspecified atom stereocenters. The molecule has 1 aromatic rings. The van der Waals surface area contributed by atoms with Crippen LogP contribution < -0.4 is 5.32 Å². The summed E-state index contributed by atoms with van der Waals surface area (Å²) in [7, 11) is 0. The summed E-state index contributed by atoms with van der Waals surface area (Å²) in [5.41, 5.74) is 1.38. The van der Waals surface area contributed by atoms with E-state index in [1.807, 2.05) is 6.08 Å². The Morgan fingerprint density at radius 2 is 2.14 bits per heavy atom. The Bertz CT molecular complexity index is 481. The van der Waals surface area contributed by atoms with E-state index in [-0.39, 0.29) is 11.9 Å². The second-order valence-corrected chi connectivity index (χ2v) is 6.49. The molecular weight excluding hydrogens is 272 g/mol. The first-order valence-corrected chi connectivity index (χ1v) is 8.38. The fourth-order valence-electron chi connectivity index (χ4n) is 2.84. The van der Waals surface area contributed by atoms with E-state index in [9.17, 15) is 4.79 Å². The molecule has 1 N–H and O–H groups in total. The average molecular weight is 300 g/mol. The molecule has 0 aromatic heterocycles. The Kier molecular flexibility index (Phi) is 6.66. The molecule has 1 aliphatic heterocycles. The Hall–Kier alpha value is -1.61. The van der Waals surface area contributed by atoms with Crippen molar-refractivity contribution >= 4 is 5.91 Å². The lowest BCUT2D eigenvalue weighted by Crippen LogP contribution is -2.47. The summed E-state index contributed by atoms with van der Waals surface area (Å²) in [6.07, 6.45) is 6.95. The quantitative estimate of drug-likeness (QED) is 0.819. The smallest absolute Gasteiger partial charge is 0.243 e. The summed E-state index contributed by atoms with van der Waals surface area (Å²) in [5.74, 6) is 0.461. The first kappa shape index (κ1) is 16.8. The van der Waals surface area contributed by atoms with E-state index >= 15 is 0 Å². The number of benzene rings is 1. The third-order valence-electron chi connectivity index (χ3n) is 4.04. The van der Waals surface area contributed by atoms with Crippen LogP contribution in [0.5, 0.6) is 0 Å². The van der Waals surface area contributed by atoms with Gasteiger partial charge in [0.25, 0.3) is 0 Å². The zero-order valence-corrected chi connectivity index (χ0v) is 13.8. The molecule has 1 saturated heterocycles. The maximum atomic E-state index is 11.9. The molecule has 1 aromatic carbocycles. The molecule has 3 nitrogen and oxygen atoms in total. The minimum Gasteiger partial charge on any atom is -0.349 e. The van der Waals surface area contributed by atoms with Gasteiger partial charge in [-0.3, -0.25) is 4.79 Å². The lowest BCUT2D eigenvalue weighted by Gasteiger charge is -2.33. The molecule has 0 radical (unpaired) electrons. The maximum Gasteiger partial charge on any atom is 0.243 e. The predicted molar refractivity (Wildman–Crippen MR) is 91.7 cm³/mol. The SMILES string of the molecule is CC(C)/C=C/C(=O)N[C@@H]1CCCN(CCc2ccccc2)C1. The van der Waals surface area contributed by atoms with Crippen LogP contribution in [0.15, 0.2) is 42.5 Å². The van der Waals surface area contributed by atoms with Gasteiger partial charge in [-0.1, -0.05) is 50.3 Å². The van der Waals surface area contributed by atoms with Gasteiger partial charge in [-0.15, -0.1) is 0 Å². The van der Waals surface area contributed by atoms with E-state index in [2.05, 4.69) is 54.4 Å². The number of rotatable bonds is 6. The molecule has 0 saturated carbocycles. The van der Waals surface area contributed by atoms with Crippen LogP contribution in [-0.4, -0.2) is 36.5 Å². The van der Waals surface area contributed by atoms with E-state index in [1.54, 1.807) is 6.08 Å². The molecule has 1 atom stereocenters. The number of nitrogens with zero attached hydrogens (tertiary/aromatic N) is 1. The molecule has 3 heteroatoms. The van der Waals surface area contributed by atoms with Crippen molar-refractivity contribution in [3.63, 3.8) is 0 Å². The number of hydrogen-bond donors (Lipinski definition) is 1. The van der Waals surface area contributed by atoms with E-state index < -0.39 is 0 Å². The second-order valence-electron chi connectivity index (χ2n) is 6.49. The van der Waals surface area contributed by atoms with Crippen molar-refractivity contribution in [3.8, 4) is 0 Å². The van der Waals surface area contributed by atoms with Gasteiger partial charge < -0.3 is 10.2 Å². The van der Waals surface area contributed by atoms with Crippen molar-refractivity contribution in [2.75, 3.05) is 19.6 Å². The monoisotopic (exact) mass is 300 g/mol. The summed E-state index contributed by atoms with van der Waals surface area (Å²) in [5, 5.41) is 3.13. The van der Waals surface area contributed by atoms with Gasteiger partial charge in [0, 0.05) is 19.1 Å². The van der Waals surface area contributed by atoms with Crippen LogP contribution >= 0.6 is 0 Å². The topological polar surface area (TPSA) is 32.3 Å². The highest BCUT2D eigenvalue weighted by Crippen LogP contribution is 2.11. The summed E-state index contributed by atoms with van der Waals surface area (Å²) >= 11 is 0. The van der Waals surface area contributed by atoms with Crippen molar-refractivity contribution in [1.82, 2.24) is 10.2 Å². The molecule has 0 aliphatic carbocycles. The fourth-order valence-corrected chi connectivity index (χ4v) is 2.84. The van der Waals surface area contributed by atoms with Gasteiger partial charge in [0.15, 0.2) is 0 Å². The van der Waals surface area contributed by atoms with Crippen molar-refractivity contribution < 1.29 is 4.79 Å². The van der Waals surface area contributed by atoms with Crippen LogP contribution in [0.25, 0.3) is 0 Å². The average Bonchev–Trinajstić information content (AvgIpc) is 2.52. The van der Waals surface area contributed by atoms with Gasteiger partial charge in [0.2, 0.25) is 5.91 Å². The van der Waals surface area contributed by atoms with Crippen LogP contribution in [0.3, 0.4) is 0 Å². The summed E-state index contributed by atoms with van der Waals surface area (Å²) in [6.45, 7) is 7.33. The van der Waals surface area contributed by atoms with Crippen LogP contribution in [0.2, 0.25) is 0 Å². The van der Waals surface area contributed by atoms with E-state index in [1.165, 1.54) is 5.56 Å². The lowest BCUT2D eigenvalue weighted by molar-refractivity contribution is -0.117. The van der Waals surface area contributed by atoms with Gasteiger partial charge in [-0.2, -0.15) is 0 Å². The molecular formula is C19H28N2O. The van der Waals surface area contributed by atoms with Crippen molar-refractivity contribution in [2.45, 2.75) is 39.2 Å². The summed E-state index contributed by atoms with van der Waals surface area (Å²) in [6, 6.07) is 10.9. The summed E-state index contributed by atoms with van der Waals surface area (Å²) < 4.78 is 0. The molecule has 2 rings (SSSR count). The molecule has 1 fully saturated rings. The Labute approximate surface area is 134 Å². The first-order chi connectivity index (χ1) is 10.6. The van der Waals surface area contributed by atoms with Crippen LogP contribution in [0.1, 0.15) is 32.3 Å². The minimum absolute atomic E-state index is 0.0450. The zero-order valence-electron chi connectivity index (χ0n) is 13.8. The lowest BCUT2D eigenvalue weighted by atomic mass is 10.0. The van der Waals surface area contributed by atoms with Crippen molar-refractivity contribution in [1.29, 1.82) is 0 Å². The molecule has 1 heterocycles. The van der Waals surface area contributed by atoms with E-state index in [0.29, 0.717) is 5.92 Å². The minimum atomic E-state index is 0.0450. The van der Waals surface area contributed by atoms with Crippen LogP contribution in [0.4, 0.5) is 0 Å². The molecule has 1 amide bonds. The molecule has 1 aliphatic rings. The highest BCUT2D eigenvalue weighted by Gasteiger charge is 2.20. The third-order valence-corrected chi connectivity index (χ3v) is 4.04. The van der Waals surface area contributed by atoms with E-state index in [4.69, 9.17) is 0 Å². The Morgan fingerprint density at radius 1 is 1.36 bits per heavy atom. The highest BCUT2D eigenvalue weighted by molar-refractivity contribution is 5.87. The van der Waals surface area contributed by atoms with Crippen molar-refractivity contribution in [2.24, 2.45) is 5.92 Å². The molecule has 0 spiro atoms. The number of carbonyl (C=O) groups excluding carboxylic acids is 1. The number of piperidine rings is 1. The van der Waals surface area contributed by atoms with Gasteiger partial charge in [0.05, 0.1) is 0 Å². The molecule has 22 heavy (non-hydrogen) atoms. The highest BCUT2D eigenvalue weighted by atomic mass is 16.1. The second kappa shape index (κ2) is 8.74. The maximum absolute atomic E-state index is 11.9. The number of carbonyl (C=O) groups is 1. The number of allylic oxidation sites excluding steroid dienone is 1. The van der Waals surface area contributed by atoms with Gasteiger partial charge >= 0.3 is 0 Å². The van der Waals surface area contributed by atoms with E-state index in [0.717, 1.165) is 38.9 Å². The Morgan fingerprint density at radius 3 is 2.86 bits per heavy atom. The van der Waals surface area contributed by atoms with Crippen LogP contribution in [0, 0.1) is 5.92 Å². The Balaban J connectivity index is 1.75. The number of nitrogens with one attached hydrogen (secondary N) is 1. The standard InChI is InChI=1S/C19H28N2O/c1-16(2)10-11-19(22)20-18-9-6-13-21(15-18)14-12-17-7-4-3-5-8-17/h3-5,7-8,10-11,16,18H,6,9,12-15H2,1-2H3,(H,20,22)/b11-10+/t18-/m1/s1. The molecule has 0 bridgehead atoms. The first-order valence-electron chi connectivity index (χ1n) is 8.38. The van der Waals surface area contributed by atoms with Gasteiger partial charge in [0.1, 0.15) is 0 Å². The summed E-state index contributed by atoms with van der Waals surface area (Å²) in [4.78, 5) is 14.4. The fraction of sp³-hybridized carbons (Fsp3) is 0.526. The predicted octanol–water partition coefficient (Wildman–Crippen LogP) is 3.02. The normalized spacial score (nSPS) is 19.7. The van der Waals surface area contributed by atoms with Gasteiger partial charge in [-0.25, -0.2) is 0 Å². The molecule has 120 valence electrons. The largest absolute Gasteiger partial charge is 0.349 e. The number of likely N-dealkylation sites (tertiary alicyclic amines) is 1. The third kappa shape index (κ3) is 6.02. The number of amides is 1. The van der Waals surface area contributed by atoms with Crippen molar-refractivity contribution in [3.05, 3.63) is 48.0 Å². The zero-order chi connectivity index (χ0) is 15.8.